The molecule has 1 saturated carbocycles. The summed E-state index contributed by atoms with van der Waals surface area (Å²) in [6.45, 7) is 2.84. The molecule has 2 aromatic rings. The zero-order valence-electron chi connectivity index (χ0n) is 18.8. The fraction of sp³-hybridized carbons (Fsp3) is 0.400. The van der Waals surface area contributed by atoms with Crippen molar-refractivity contribution in [1.29, 1.82) is 0 Å². The van der Waals surface area contributed by atoms with Crippen LogP contribution in [0.25, 0.3) is 0 Å². The third-order valence-electron chi connectivity index (χ3n) is 6.42. The molecule has 0 bridgehead atoms. The number of nitrogens with one attached hydrogen (secondary N) is 1. The van der Waals surface area contributed by atoms with Crippen molar-refractivity contribution < 1.29 is 33.3 Å². The van der Waals surface area contributed by atoms with Crippen LogP contribution in [-0.4, -0.2) is 57.8 Å². The van der Waals surface area contributed by atoms with E-state index >= 15 is 0 Å². The predicted molar refractivity (Wildman–Crippen MR) is 122 cm³/mol. The average Bonchev–Trinajstić information content (AvgIpc) is 3.42. The van der Waals surface area contributed by atoms with Gasteiger partial charge in [-0.25, -0.2) is 0 Å². The summed E-state index contributed by atoms with van der Waals surface area (Å²) in [5.41, 5.74) is 0.829. The number of ether oxygens (including phenoxy) is 4. The van der Waals surface area contributed by atoms with Gasteiger partial charge >= 0.3 is 203 Å². The molecule has 5 rings (SSSR count). The van der Waals surface area contributed by atoms with Gasteiger partial charge in [0, 0.05) is 0 Å². The first-order valence-corrected chi connectivity index (χ1v) is 13.0. The van der Waals surface area contributed by atoms with Crippen molar-refractivity contribution in [2.75, 3.05) is 6.79 Å². The number of fused-ring (bicyclic) bond motifs is 2. The van der Waals surface area contributed by atoms with Crippen LogP contribution in [0.1, 0.15) is 31.7 Å². The van der Waals surface area contributed by atoms with Crippen molar-refractivity contribution in [1.82, 2.24) is 5.32 Å². The standard InChI is InChI=1S/C25H25NO7Se/c1-13(27)32-23-21(15-8-9-18-19(10-15)31-12-30-18)22-17(11-20(29)26-22)25(24(23)33-14(2)28)34-16-6-4-3-5-7-16/h3-10,17,21-25H,11-12H2,1-2H3,(H,26,29)/t17-,21-,22+,23-,24+,25+/m1/s1. The predicted octanol–water partition coefficient (Wildman–Crippen LogP) is 1.70. The van der Waals surface area contributed by atoms with Crippen LogP contribution in [0.2, 0.25) is 4.82 Å². The van der Waals surface area contributed by atoms with Gasteiger partial charge in [0.15, 0.2) is 0 Å². The number of rotatable bonds is 5. The van der Waals surface area contributed by atoms with E-state index in [1.165, 1.54) is 13.8 Å². The van der Waals surface area contributed by atoms with Crippen LogP contribution < -0.4 is 19.3 Å². The summed E-state index contributed by atoms with van der Waals surface area (Å²) in [5.74, 6) is -0.240. The number of hydrogen-bond acceptors (Lipinski definition) is 7. The molecule has 1 saturated heterocycles. The zero-order chi connectivity index (χ0) is 23.8. The third-order valence-corrected chi connectivity index (χ3v) is 9.43. The summed E-state index contributed by atoms with van der Waals surface area (Å²) in [7, 11) is 0. The first-order valence-electron chi connectivity index (χ1n) is 11.2. The molecule has 178 valence electrons. The molecule has 1 amide bonds. The molecule has 1 aliphatic carbocycles. The first kappa shape index (κ1) is 22.7. The van der Waals surface area contributed by atoms with Crippen LogP contribution >= 0.6 is 0 Å². The molecule has 0 radical (unpaired) electrons. The number of hydrogen-bond donors (Lipinski definition) is 1. The molecular weight excluding hydrogens is 505 g/mol. The van der Waals surface area contributed by atoms with Gasteiger partial charge in [-0.3, -0.25) is 0 Å². The van der Waals surface area contributed by atoms with E-state index in [1.54, 1.807) is 0 Å². The minimum atomic E-state index is -0.767. The topological polar surface area (TPSA) is 100 Å². The van der Waals surface area contributed by atoms with E-state index in [4.69, 9.17) is 18.9 Å². The van der Waals surface area contributed by atoms with Crippen LogP contribution in [0.5, 0.6) is 11.5 Å². The molecule has 2 aliphatic heterocycles. The first-order chi connectivity index (χ1) is 16.4. The van der Waals surface area contributed by atoms with E-state index in [-0.39, 0.29) is 44.4 Å². The molecule has 1 N–H and O–H groups in total. The fourth-order valence-corrected chi connectivity index (χ4v) is 8.16. The van der Waals surface area contributed by atoms with Crippen molar-refractivity contribution >= 4 is 37.3 Å². The molecule has 3 aliphatic rings. The molecule has 0 aromatic heterocycles. The van der Waals surface area contributed by atoms with E-state index in [0.717, 1.165) is 10.0 Å². The molecule has 34 heavy (non-hydrogen) atoms. The van der Waals surface area contributed by atoms with Gasteiger partial charge in [-0.2, -0.15) is 0 Å². The number of esters is 2. The minimum absolute atomic E-state index is 0.0559. The van der Waals surface area contributed by atoms with E-state index in [0.29, 0.717) is 17.9 Å². The second kappa shape index (κ2) is 9.31. The summed E-state index contributed by atoms with van der Waals surface area (Å²) in [6, 6.07) is 15.2. The molecule has 8 nitrogen and oxygen atoms in total. The van der Waals surface area contributed by atoms with Crippen molar-refractivity contribution in [2.45, 2.75) is 49.3 Å². The third kappa shape index (κ3) is 4.38. The molecule has 0 unspecified atom stereocenters. The van der Waals surface area contributed by atoms with Crippen molar-refractivity contribution in [2.24, 2.45) is 5.92 Å². The van der Waals surface area contributed by atoms with E-state index in [9.17, 15) is 14.4 Å². The Bertz CT molecular complexity index is 1110. The van der Waals surface area contributed by atoms with Gasteiger partial charge in [0.1, 0.15) is 0 Å². The number of benzene rings is 2. The Balaban J connectivity index is 1.60. The average molecular weight is 530 g/mol. The van der Waals surface area contributed by atoms with E-state index < -0.39 is 30.1 Å². The monoisotopic (exact) mass is 531 g/mol. The summed E-state index contributed by atoms with van der Waals surface area (Å²) in [5, 5.41) is 3.13. The van der Waals surface area contributed by atoms with Gasteiger partial charge in [0.2, 0.25) is 0 Å². The summed E-state index contributed by atoms with van der Waals surface area (Å²) in [4.78, 5) is 37.0. The van der Waals surface area contributed by atoms with Gasteiger partial charge in [0.05, 0.1) is 0 Å². The Labute approximate surface area is 203 Å². The van der Waals surface area contributed by atoms with E-state index in [2.05, 4.69) is 5.32 Å². The molecule has 6 atom stereocenters. The SMILES string of the molecule is CC(=O)O[C@H]1[C@H](OC(C)=O)[C@H](c2ccc3c(c2)OCO3)[C@H]2NC(=O)C[C@H]2[C@@H]1[Se]c1ccccc1. The summed E-state index contributed by atoms with van der Waals surface area (Å²) < 4.78 is 23.9. The Morgan fingerprint density at radius 1 is 0.971 bits per heavy atom. The van der Waals surface area contributed by atoms with Crippen LogP contribution in [0, 0.1) is 5.92 Å². The van der Waals surface area contributed by atoms with E-state index in [1.807, 2.05) is 48.5 Å². The van der Waals surface area contributed by atoms with Crippen LogP contribution in [0.3, 0.4) is 0 Å². The Morgan fingerprint density at radius 3 is 2.41 bits per heavy atom. The molecule has 0 spiro atoms. The molecular formula is C25H25NO7Se. The van der Waals surface area contributed by atoms with Gasteiger partial charge in [-0.15, -0.1) is 0 Å². The van der Waals surface area contributed by atoms with Crippen LogP contribution in [-0.2, 0) is 23.9 Å². The summed E-state index contributed by atoms with van der Waals surface area (Å²) in [6.07, 6.45) is -1.13. The van der Waals surface area contributed by atoms with Gasteiger partial charge in [0.25, 0.3) is 0 Å². The van der Waals surface area contributed by atoms with Gasteiger partial charge in [-0.05, 0) is 0 Å². The van der Waals surface area contributed by atoms with Crippen molar-refractivity contribution in [3.8, 4) is 11.5 Å². The maximum atomic E-state index is 12.7. The second-order valence-electron chi connectivity index (χ2n) is 8.64. The number of carbonyl (C=O) groups excluding carboxylic acids is 3. The maximum absolute atomic E-state index is 12.7. The van der Waals surface area contributed by atoms with Gasteiger partial charge < -0.3 is 0 Å². The zero-order valence-corrected chi connectivity index (χ0v) is 20.5. The molecule has 2 heterocycles. The Morgan fingerprint density at radius 2 is 1.68 bits per heavy atom. The summed E-state index contributed by atoms with van der Waals surface area (Å²) >= 11 is -0.130. The van der Waals surface area contributed by atoms with Crippen LogP contribution in [0.4, 0.5) is 0 Å². The number of carbonyl (C=O) groups is 3. The normalized spacial score (nSPS) is 29.2. The van der Waals surface area contributed by atoms with Crippen LogP contribution in [0.15, 0.2) is 48.5 Å². The Kier molecular flexibility index (Phi) is 6.23. The fourth-order valence-electron chi connectivity index (χ4n) is 5.19. The van der Waals surface area contributed by atoms with Crippen molar-refractivity contribution in [3.05, 3.63) is 54.1 Å². The quantitative estimate of drug-likeness (QED) is 0.464. The van der Waals surface area contributed by atoms with Gasteiger partial charge in [-0.1, -0.05) is 0 Å². The Hall–Kier alpha value is -3.03. The molecule has 9 heteroatoms. The molecule has 2 fully saturated rings. The second-order valence-corrected chi connectivity index (χ2v) is 11.3. The van der Waals surface area contributed by atoms with Crippen molar-refractivity contribution in [3.63, 3.8) is 0 Å². The molecule has 2 aromatic carbocycles. The number of amides is 1.